The number of hydrogen-bond donors (Lipinski definition) is 0. The third kappa shape index (κ3) is 3.30. The molecule has 2 atom stereocenters. The minimum absolute atomic E-state index is 0.0116. The highest BCUT2D eigenvalue weighted by Crippen LogP contribution is 2.39. The molecule has 1 aromatic heterocycles. The molecule has 0 saturated carbocycles. The van der Waals surface area contributed by atoms with Crippen molar-refractivity contribution in [1.82, 2.24) is 14.9 Å². The van der Waals surface area contributed by atoms with Crippen molar-refractivity contribution < 1.29 is 14.3 Å². The quantitative estimate of drug-likeness (QED) is 0.839. The normalized spacial score (nSPS) is 23.5. The van der Waals surface area contributed by atoms with E-state index in [2.05, 4.69) is 16.0 Å². The molecule has 2 bridgehead atoms. The Balaban J connectivity index is 1.83. The molecule has 2 aliphatic heterocycles. The molecule has 4 rings (SSSR count). The number of piperidine rings is 1. The molecule has 1 aliphatic carbocycles. The second-order valence-electron chi connectivity index (χ2n) is 7.05. The fourth-order valence-electron chi connectivity index (χ4n) is 3.17. The standard InChI is InChI=1S/C17H23N3O3/c1-17(2,3)23-16(21)20-10-11-5-6-14(20)12(7-11)13-8-19-15(22-4)9-18-13/h7-9,11,14H,5-6,10H2,1-4H3. The Morgan fingerprint density at radius 1 is 1.26 bits per heavy atom. The highest BCUT2D eigenvalue weighted by Gasteiger charge is 2.40. The summed E-state index contributed by atoms with van der Waals surface area (Å²) in [7, 11) is 1.57. The van der Waals surface area contributed by atoms with E-state index in [1.807, 2.05) is 25.7 Å². The largest absolute Gasteiger partial charge is 0.480 e. The number of carbonyl (C=O) groups is 1. The monoisotopic (exact) mass is 317 g/mol. The Bertz CT molecular complexity index is 619. The summed E-state index contributed by atoms with van der Waals surface area (Å²) in [4.78, 5) is 23.0. The van der Waals surface area contributed by atoms with Crippen LogP contribution in [0.25, 0.3) is 5.57 Å². The molecule has 6 nitrogen and oxygen atoms in total. The van der Waals surface area contributed by atoms with E-state index in [4.69, 9.17) is 9.47 Å². The van der Waals surface area contributed by atoms with Crippen molar-refractivity contribution in [2.75, 3.05) is 13.7 Å². The highest BCUT2D eigenvalue weighted by molar-refractivity contribution is 5.77. The molecule has 23 heavy (non-hydrogen) atoms. The van der Waals surface area contributed by atoms with Crippen molar-refractivity contribution >= 4 is 11.7 Å². The molecule has 0 spiro atoms. The molecule has 6 heteroatoms. The number of nitrogens with zero attached hydrogens (tertiary/aromatic N) is 3. The SMILES string of the molecule is COc1cnc(C2=CC3CCC2N(C(=O)OC(C)(C)C)C3)cn1. The van der Waals surface area contributed by atoms with E-state index >= 15 is 0 Å². The number of rotatable bonds is 2. The van der Waals surface area contributed by atoms with Crippen LogP contribution in [-0.2, 0) is 4.74 Å². The number of aromatic nitrogens is 2. The zero-order chi connectivity index (χ0) is 16.6. The molecule has 0 N–H and O–H groups in total. The van der Waals surface area contributed by atoms with E-state index < -0.39 is 5.60 Å². The van der Waals surface area contributed by atoms with Gasteiger partial charge < -0.3 is 14.4 Å². The van der Waals surface area contributed by atoms with Crippen LogP contribution in [-0.4, -0.2) is 46.3 Å². The van der Waals surface area contributed by atoms with Crippen LogP contribution in [0.3, 0.4) is 0 Å². The van der Waals surface area contributed by atoms with Gasteiger partial charge in [-0.25, -0.2) is 14.8 Å². The third-order valence-corrected chi connectivity index (χ3v) is 4.15. The van der Waals surface area contributed by atoms with Gasteiger partial charge in [-0.2, -0.15) is 0 Å². The van der Waals surface area contributed by atoms with E-state index in [-0.39, 0.29) is 12.1 Å². The van der Waals surface area contributed by atoms with Crippen molar-refractivity contribution in [1.29, 1.82) is 0 Å². The Kier molecular flexibility index (Phi) is 4.00. The minimum Gasteiger partial charge on any atom is -0.480 e. The topological polar surface area (TPSA) is 64.5 Å². The number of ether oxygens (including phenoxy) is 2. The van der Waals surface area contributed by atoms with Gasteiger partial charge in [0, 0.05) is 6.54 Å². The van der Waals surface area contributed by atoms with Gasteiger partial charge in [-0.1, -0.05) is 6.08 Å². The summed E-state index contributed by atoms with van der Waals surface area (Å²) in [5, 5.41) is 0. The van der Waals surface area contributed by atoms with Crippen LogP contribution < -0.4 is 4.74 Å². The summed E-state index contributed by atoms with van der Waals surface area (Å²) < 4.78 is 10.6. The van der Waals surface area contributed by atoms with Crippen molar-refractivity contribution in [3.8, 4) is 5.88 Å². The van der Waals surface area contributed by atoms with Gasteiger partial charge in [0.2, 0.25) is 5.88 Å². The van der Waals surface area contributed by atoms with Gasteiger partial charge in [0.1, 0.15) is 5.60 Å². The first-order valence-electron chi connectivity index (χ1n) is 7.95. The lowest BCUT2D eigenvalue weighted by Gasteiger charge is -2.44. The zero-order valence-corrected chi connectivity index (χ0v) is 14.1. The molecule has 124 valence electrons. The van der Waals surface area contributed by atoms with Crippen LogP contribution in [0.1, 0.15) is 39.3 Å². The molecule has 1 amide bonds. The molecular formula is C17H23N3O3. The predicted octanol–water partition coefficient (Wildman–Crippen LogP) is 2.90. The number of hydrogen-bond acceptors (Lipinski definition) is 5. The average molecular weight is 317 g/mol. The third-order valence-electron chi connectivity index (χ3n) is 4.15. The maximum absolute atomic E-state index is 12.5. The van der Waals surface area contributed by atoms with Crippen LogP contribution in [0.4, 0.5) is 4.79 Å². The molecular weight excluding hydrogens is 294 g/mol. The summed E-state index contributed by atoms with van der Waals surface area (Å²) in [6.45, 7) is 6.38. The first-order valence-corrected chi connectivity index (χ1v) is 7.95. The molecule has 1 fully saturated rings. The minimum atomic E-state index is -0.489. The second-order valence-corrected chi connectivity index (χ2v) is 7.05. The van der Waals surface area contributed by atoms with E-state index in [0.717, 1.165) is 24.1 Å². The average Bonchev–Trinajstić information content (AvgIpc) is 2.53. The van der Waals surface area contributed by atoms with Crippen LogP contribution >= 0.6 is 0 Å². The molecule has 0 radical (unpaired) electrons. The molecule has 1 aromatic rings. The Morgan fingerprint density at radius 3 is 2.61 bits per heavy atom. The predicted molar refractivity (Wildman–Crippen MR) is 86.0 cm³/mol. The fourth-order valence-corrected chi connectivity index (χ4v) is 3.17. The Morgan fingerprint density at radius 2 is 2.04 bits per heavy atom. The van der Waals surface area contributed by atoms with Gasteiger partial charge >= 0.3 is 6.09 Å². The van der Waals surface area contributed by atoms with Crippen molar-refractivity contribution in [2.24, 2.45) is 5.92 Å². The van der Waals surface area contributed by atoms with E-state index in [1.165, 1.54) is 0 Å². The van der Waals surface area contributed by atoms with Gasteiger partial charge in [-0.3, -0.25) is 0 Å². The summed E-state index contributed by atoms with van der Waals surface area (Å²) in [5.74, 6) is 0.839. The fraction of sp³-hybridized carbons (Fsp3) is 0.588. The van der Waals surface area contributed by atoms with Crippen LogP contribution in [0.15, 0.2) is 18.5 Å². The smallest absolute Gasteiger partial charge is 0.410 e. The molecule has 0 aromatic carbocycles. The lowest BCUT2D eigenvalue weighted by molar-refractivity contribution is 0.0103. The molecule has 3 heterocycles. The summed E-state index contributed by atoms with van der Waals surface area (Å²) in [6.07, 6.45) is 7.32. The zero-order valence-electron chi connectivity index (χ0n) is 14.1. The van der Waals surface area contributed by atoms with E-state index in [0.29, 0.717) is 18.3 Å². The van der Waals surface area contributed by atoms with E-state index in [9.17, 15) is 4.79 Å². The van der Waals surface area contributed by atoms with Gasteiger partial charge in [0.15, 0.2) is 0 Å². The van der Waals surface area contributed by atoms with Crippen molar-refractivity contribution in [3.05, 3.63) is 24.2 Å². The van der Waals surface area contributed by atoms with Crippen LogP contribution in [0, 0.1) is 5.92 Å². The maximum atomic E-state index is 12.5. The molecule has 3 aliphatic rings. The lowest BCUT2D eigenvalue weighted by Crippen LogP contribution is -2.51. The number of carbonyl (C=O) groups excluding carboxylic acids is 1. The van der Waals surface area contributed by atoms with Gasteiger partial charge in [-0.15, -0.1) is 0 Å². The first-order chi connectivity index (χ1) is 10.9. The van der Waals surface area contributed by atoms with Crippen molar-refractivity contribution in [2.45, 2.75) is 45.3 Å². The van der Waals surface area contributed by atoms with E-state index in [1.54, 1.807) is 19.5 Å². The van der Waals surface area contributed by atoms with Crippen LogP contribution in [0.2, 0.25) is 0 Å². The lowest BCUT2D eigenvalue weighted by atomic mass is 9.80. The summed E-state index contributed by atoms with van der Waals surface area (Å²) >= 11 is 0. The summed E-state index contributed by atoms with van der Waals surface area (Å²) in [6, 6.07) is 0.0116. The Labute approximate surface area is 136 Å². The highest BCUT2D eigenvalue weighted by atomic mass is 16.6. The number of amides is 1. The first kappa shape index (κ1) is 15.8. The van der Waals surface area contributed by atoms with Gasteiger partial charge in [0.25, 0.3) is 0 Å². The van der Waals surface area contributed by atoms with Gasteiger partial charge in [0.05, 0.1) is 31.2 Å². The number of fused-ring (bicyclic) bond motifs is 2. The summed E-state index contributed by atoms with van der Waals surface area (Å²) in [5.41, 5.74) is 1.37. The maximum Gasteiger partial charge on any atom is 0.410 e. The molecule has 1 saturated heterocycles. The second kappa shape index (κ2) is 5.83. The number of methoxy groups -OCH3 is 1. The molecule has 2 unspecified atom stereocenters. The van der Waals surface area contributed by atoms with Crippen molar-refractivity contribution in [3.63, 3.8) is 0 Å². The Hall–Kier alpha value is -2.11. The van der Waals surface area contributed by atoms with Crippen LogP contribution in [0.5, 0.6) is 5.88 Å². The van der Waals surface area contributed by atoms with Gasteiger partial charge in [-0.05, 0) is 45.1 Å².